The fraction of sp³-hybridized carbons (Fsp3) is 0.739. The Morgan fingerprint density at radius 3 is 2.55 bits per heavy atom. The predicted molar refractivity (Wildman–Crippen MR) is 120 cm³/mol. The van der Waals surface area contributed by atoms with Crippen molar-refractivity contribution in [2.45, 2.75) is 65.0 Å². The molecule has 2 amide bonds. The van der Waals surface area contributed by atoms with Crippen molar-refractivity contribution in [3.8, 4) is 0 Å². The Morgan fingerprint density at radius 1 is 1.10 bits per heavy atom. The molecule has 0 saturated carbocycles. The van der Waals surface area contributed by atoms with Gasteiger partial charge in [0.05, 0.1) is 18.3 Å². The third-order valence-corrected chi connectivity index (χ3v) is 7.25. The summed E-state index contributed by atoms with van der Waals surface area (Å²) in [5.41, 5.74) is 2.02. The third kappa shape index (κ3) is 4.68. The molecule has 4 heterocycles. The van der Waals surface area contributed by atoms with Gasteiger partial charge >= 0.3 is 0 Å². The first-order chi connectivity index (χ1) is 15.0. The second-order valence-corrected chi connectivity index (χ2v) is 9.12. The number of piperidine rings is 1. The summed E-state index contributed by atoms with van der Waals surface area (Å²) >= 11 is 0. The number of aromatic nitrogens is 2. The molecule has 1 aromatic rings. The molecule has 4 rings (SSSR count). The van der Waals surface area contributed by atoms with Gasteiger partial charge in [-0.15, -0.1) is 0 Å². The number of carbonyl (C=O) groups excluding carboxylic acids is 2. The van der Waals surface area contributed by atoms with Crippen LogP contribution in [-0.4, -0.2) is 76.3 Å². The molecular formula is C23H36N6O2. The summed E-state index contributed by atoms with van der Waals surface area (Å²) in [6, 6.07) is -0.0357. The molecular weight excluding hydrogens is 392 g/mol. The number of amides is 2. The maximum Gasteiger partial charge on any atom is 0.223 e. The normalized spacial score (nSPS) is 22.5. The van der Waals surface area contributed by atoms with Crippen LogP contribution in [0.2, 0.25) is 0 Å². The van der Waals surface area contributed by atoms with Crippen LogP contribution in [0.1, 0.15) is 69.1 Å². The van der Waals surface area contributed by atoms with Gasteiger partial charge in [0.25, 0.3) is 0 Å². The number of nitrogens with one attached hydrogen (secondary N) is 1. The van der Waals surface area contributed by atoms with E-state index in [0.29, 0.717) is 25.4 Å². The van der Waals surface area contributed by atoms with Crippen LogP contribution in [0.25, 0.3) is 0 Å². The van der Waals surface area contributed by atoms with Crippen LogP contribution in [0.15, 0.2) is 0 Å². The molecule has 1 aromatic heterocycles. The van der Waals surface area contributed by atoms with Crippen LogP contribution < -0.4 is 5.32 Å². The van der Waals surface area contributed by atoms with Crippen molar-refractivity contribution in [1.82, 2.24) is 24.7 Å². The Kier molecular flexibility index (Phi) is 6.74. The Labute approximate surface area is 185 Å². The first-order valence-electron chi connectivity index (χ1n) is 11.8. The minimum atomic E-state index is -0.0357. The quantitative estimate of drug-likeness (QED) is 0.774. The van der Waals surface area contributed by atoms with Crippen molar-refractivity contribution in [2.24, 2.45) is 5.92 Å². The highest BCUT2D eigenvalue weighted by Crippen LogP contribution is 2.34. The van der Waals surface area contributed by atoms with Gasteiger partial charge in [-0.25, -0.2) is 9.97 Å². The van der Waals surface area contributed by atoms with E-state index in [1.165, 1.54) is 0 Å². The van der Waals surface area contributed by atoms with Gasteiger partial charge in [0.1, 0.15) is 5.82 Å². The summed E-state index contributed by atoms with van der Waals surface area (Å²) in [7, 11) is 1.86. The maximum atomic E-state index is 13.2. The van der Waals surface area contributed by atoms with E-state index in [1.807, 2.05) is 16.8 Å². The molecule has 2 fully saturated rings. The van der Waals surface area contributed by atoms with Crippen molar-refractivity contribution in [2.75, 3.05) is 45.1 Å². The SMILES string of the molecule is CCN1CCC(CC(=O)N2CCC[C@@H]2c2nc3c(c(NC)n2)CN(C(C)=O)CC3)CC1. The summed E-state index contributed by atoms with van der Waals surface area (Å²) in [6.45, 7) is 9.15. The van der Waals surface area contributed by atoms with Crippen LogP contribution in [0.5, 0.6) is 0 Å². The number of fused-ring (bicyclic) bond motifs is 1. The first kappa shape index (κ1) is 22.0. The van der Waals surface area contributed by atoms with E-state index in [2.05, 4.69) is 17.1 Å². The van der Waals surface area contributed by atoms with Crippen LogP contribution in [0, 0.1) is 5.92 Å². The smallest absolute Gasteiger partial charge is 0.223 e. The standard InChI is InChI=1S/C23H36N6O2/c1-4-27-11-7-17(8-12-27)14-21(31)29-10-5-6-20(29)23-25-19-9-13-28(16(2)30)15-18(19)22(24-3)26-23/h17,20H,4-15H2,1-3H3,(H,24,25,26)/t20-/m1/s1. The first-order valence-corrected chi connectivity index (χ1v) is 11.8. The number of hydrogen-bond acceptors (Lipinski definition) is 6. The van der Waals surface area contributed by atoms with Gasteiger partial charge in [0.2, 0.25) is 11.8 Å². The largest absolute Gasteiger partial charge is 0.373 e. The zero-order chi connectivity index (χ0) is 22.0. The number of nitrogens with zero attached hydrogens (tertiary/aromatic N) is 5. The summed E-state index contributed by atoms with van der Waals surface area (Å²) < 4.78 is 0. The molecule has 31 heavy (non-hydrogen) atoms. The highest BCUT2D eigenvalue weighted by molar-refractivity contribution is 5.77. The Hall–Kier alpha value is -2.22. The summed E-state index contributed by atoms with van der Waals surface area (Å²) in [5.74, 6) is 2.37. The van der Waals surface area contributed by atoms with Crippen LogP contribution in [-0.2, 0) is 22.6 Å². The van der Waals surface area contributed by atoms with E-state index in [0.717, 1.165) is 81.2 Å². The Morgan fingerprint density at radius 2 is 1.87 bits per heavy atom. The van der Waals surface area contributed by atoms with Gasteiger partial charge in [0, 0.05) is 45.5 Å². The van der Waals surface area contributed by atoms with Crippen molar-refractivity contribution in [3.63, 3.8) is 0 Å². The molecule has 3 aliphatic heterocycles. The zero-order valence-electron chi connectivity index (χ0n) is 19.2. The molecule has 170 valence electrons. The van der Waals surface area contributed by atoms with Gasteiger partial charge in [-0.1, -0.05) is 6.92 Å². The molecule has 3 aliphatic rings. The monoisotopic (exact) mass is 428 g/mol. The van der Waals surface area contributed by atoms with Crippen LogP contribution in [0.3, 0.4) is 0 Å². The zero-order valence-corrected chi connectivity index (χ0v) is 19.2. The highest BCUT2D eigenvalue weighted by Gasteiger charge is 2.35. The molecule has 0 bridgehead atoms. The van der Waals surface area contributed by atoms with Gasteiger partial charge in [-0.2, -0.15) is 0 Å². The maximum absolute atomic E-state index is 13.2. The number of rotatable bonds is 5. The van der Waals surface area contributed by atoms with Crippen LogP contribution in [0.4, 0.5) is 5.82 Å². The lowest BCUT2D eigenvalue weighted by atomic mass is 9.93. The third-order valence-electron chi connectivity index (χ3n) is 7.25. The topological polar surface area (TPSA) is 81.7 Å². The fourth-order valence-electron chi connectivity index (χ4n) is 5.26. The molecule has 0 spiro atoms. The lowest BCUT2D eigenvalue weighted by Gasteiger charge is -2.33. The van der Waals surface area contributed by atoms with E-state index in [9.17, 15) is 9.59 Å². The molecule has 0 aliphatic carbocycles. The van der Waals surface area contributed by atoms with Gasteiger partial charge in [-0.05, 0) is 51.2 Å². The molecule has 0 radical (unpaired) electrons. The summed E-state index contributed by atoms with van der Waals surface area (Å²) in [4.78, 5) is 41.1. The summed E-state index contributed by atoms with van der Waals surface area (Å²) in [5, 5.41) is 3.20. The molecule has 0 aromatic carbocycles. The lowest BCUT2D eigenvalue weighted by molar-refractivity contribution is -0.133. The van der Waals surface area contributed by atoms with Gasteiger partial charge in [-0.3, -0.25) is 9.59 Å². The van der Waals surface area contributed by atoms with E-state index in [-0.39, 0.29) is 17.9 Å². The molecule has 8 heteroatoms. The lowest BCUT2D eigenvalue weighted by Crippen LogP contribution is -2.38. The summed E-state index contributed by atoms with van der Waals surface area (Å²) in [6.07, 6.45) is 5.52. The number of anilines is 1. The molecule has 0 unspecified atom stereocenters. The van der Waals surface area contributed by atoms with E-state index >= 15 is 0 Å². The molecule has 1 atom stereocenters. The average molecular weight is 429 g/mol. The van der Waals surface area contributed by atoms with Gasteiger partial charge in [0.15, 0.2) is 5.82 Å². The van der Waals surface area contributed by atoms with Crippen molar-refractivity contribution < 1.29 is 9.59 Å². The van der Waals surface area contributed by atoms with Crippen molar-refractivity contribution in [3.05, 3.63) is 17.1 Å². The van der Waals surface area contributed by atoms with E-state index < -0.39 is 0 Å². The Balaban J connectivity index is 1.48. The Bertz CT molecular complexity index is 803. The van der Waals surface area contributed by atoms with Crippen molar-refractivity contribution in [1.29, 1.82) is 0 Å². The second-order valence-electron chi connectivity index (χ2n) is 9.12. The minimum Gasteiger partial charge on any atom is -0.373 e. The molecule has 8 nitrogen and oxygen atoms in total. The minimum absolute atomic E-state index is 0.0357. The van der Waals surface area contributed by atoms with E-state index in [4.69, 9.17) is 9.97 Å². The van der Waals surface area contributed by atoms with Crippen molar-refractivity contribution >= 4 is 17.6 Å². The van der Waals surface area contributed by atoms with Gasteiger partial charge < -0.3 is 20.0 Å². The average Bonchev–Trinajstić information content (AvgIpc) is 3.28. The van der Waals surface area contributed by atoms with E-state index in [1.54, 1.807) is 6.92 Å². The molecule has 2 saturated heterocycles. The molecule has 1 N–H and O–H groups in total. The fourth-order valence-corrected chi connectivity index (χ4v) is 5.26. The number of carbonyl (C=O) groups is 2. The van der Waals surface area contributed by atoms with Crippen LogP contribution >= 0.6 is 0 Å². The number of hydrogen-bond donors (Lipinski definition) is 1. The number of likely N-dealkylation sites (tertiary alicyclic amines) is 2. The predicted octanol–water partition coefficient (Wildman–Crippen LogP) is 2.21. The second kappa shape index (κ2) is 9.51. The highest BCUT2D eigenvalue weighted by atomic mass is 16.2.